The number of phenols is 1. The van der Waals surface area contributed by atoms with Crippen molar-refractivity contribution >= 4 is 63.3 Å². The predicted octanol–water partition coefficient (Wildman–Crippen LogP) is 6.78. The lowest BCUT2D eigenvalue weighted by atomic mass is 9.56. The number of benzene rings is 3. The van der Waals surface area contributed by atoms with Gasteiger partial charge >= 0.3 is 12.4 Å². The number of nitrogens with zero attached hydrogens (tertiary/aromatic N) is 2. The minimum Gasteiger partial charge on any atom is -0.508 e. The molecule has 4 amide bonds. The highest BCUT2D eigenvalue weighted by molar-refractivity contribution is 6.53. The molecule has 7 nitrogen and oxygen atoms in total. The molecular weight excluding hydrogens is 689 g/mol. The standard InChI is InChI=1S/C33H22Cl2F6N2O5/c1-42-28(47)30(34)13-21-19(25(31(30,35)29(42)48)24-18-5-3-2-4-14(18)6-9-22(24)44)7-8-20-23(21)27(46)43(26(20)45)17-11-15(32(36,37)38)10-16(12-17)33(39,40)41/h2-7,9-12,20-21,23,25,44H,8,13H2,1H3. The van der Waals surface area contributed by atoms with Crippen LogP contribution in [0, 0.1) is 17.8 Å². The van der Waals surface area contributed by atoms with Crippen LogP contribution in [0.1, 0.15) is 35.4 Å². The second-order valence-electron chi connectivity index (χ2n) is 12.5. The van der Waals surface area contributed by atoms with Crippen molar-refractivity contribution in [3.05, 3.63) is 82.9 Å². The first kappa shape index (κ1) is 32.4. The summed E-state index contributed by atoms with van der Waals surface area (Å²) in [7, 11) is 1.18. The van der Waals surface area contributed by atoms with Crippen LogP contribution >= 0.6 is 23.2 Å². The van der Waals surface area contributed by atoms with Crippen molar-refractivity contribution in [1.29, 1.82) is 0 Å². The van der Waals surface area contributed by atoms with Crippen LogP contribution in [0.15, 0.2) is 66.2 Å². The number of fused-ring (bicyclic) bond motifs is 5. The molecule has 2 heterocycles. The van der Waals surface area contributed by atoms with Crippen LogP contribution in [-0.2, 0) is 31.5 Å². The van der Waals surface area contributed by atoms with Gasteiger partial charge in [0.05, 0.1) is 28.7 Å². The van der Waals surface area contributed by atoms with Gasteiger partial charge in [-0.05, 0) is 53.8 Å². The van der Waals surface area contributed by atoms with Gasteiger partial charge in [0.2, 0.25) is 11.8 Å². The highest BCUT2D eigenvalue weighted by Crippen LogP contribution is 2.66. The van der Waals surface area contributed by atoms with Gasteiger partial charge in [-0.15, -0.1) is 23.2 Å². The van der Waals surface area contributed by atoms with Crippen molar-refractivity contribution in [2.24, 2.45) is 17.8 Å². The third-order valence-electron chi connectivity index (χ3n) is 10.1. The molecule has 3 fully saturated rings. The van der Waals surface area contributed by atoms with Crippen molar-refractivity contribution in [3.8, 4) is 5.75 Å². The zero-order valence-electron chi connectivity index (χ0n) is 24.5. The maximum Gasteiger partial charge on any atom is 0.416 e. The zero-order chi connectivity index (χ0) is 34.9. The fourth-order valence-corrected chi connectivity index (χ4v) is 8.97. The van der Waals surface area contributed by atoms with Crippen LogP contribution in [0.25, 0.3) is 10.8 Å². The molecule has 250 valence electrons. The summed E-state index contributed by atoms with van der Waals surface area (Å²) >= 11 is 14.3. The van der Waals surface area contributed by atoms with Crippen molar-refractivity contribution in [2.75, 3.05) is 11.9 Å². The van der Waals surface area contributed by atoms with E-state index in [-0.39, 0.29) is 29.4 Å². The van der Waals surface area contributed by atoms with Crippen molar-refractivity contribution < 1.29 is 50.6 Å². The molecule has 2 aliphatic heterocycles. The SMILES string of the molecule is CN1C(=O)C2(Cl)CC3C(=CCC4C(=O)N(c5cc(C(F)(F)F)cc(C(F)(F)F)c5)C(=O)C43)C(c3c(O)ccc4ccccc34)C2(Cl)C1=O. The molecule has 3 aromatic rings. The van der Waals surface area contributed by atoms with Crippen molar-refractivity contribution in [1.82, 2.24) is 4.90 Å². The Kier molecular flexibility index (Phi) is 6.90. The van der Waals surface area contributed by atoms with Gasteiger partial charge < -0.3 is 5.11 Å². The van der Waals surface area contributed by atoms with Gasteiger partial charge in [0, 0.05) is 18.5 Å². The van der Waals surface area contributed by atoms with Crippen LogP contribution in [0.2, 0.25) is 0 Å². The number of allylic oxidation sites excluding steroid dienone is 2. The topological polar surface area (TPSA) is 95.0 Å². The van der Waals surface area contributed by atoms with Crippen LogP contribution < -0.4 is 4.90 Å². The third-order valence-corrected chi connectivity index (χ3v) is 11.5. The molecule has 0 bridgehead atoms. The molecule has 0 aromatic heterocycles. The Labute approximate surface area is 277 Å². The van der Waals surface area contributed by atoms with Gasteiger partial charge in [-0.25, -0.2) is 4.90 Å². The first-order valence-corrected chi connectivity index (χ1v) is 15.4. The minimum absolute atomic E-state index is 0.111. The van der Waals surface area contributed by atoms with Crippen LogP contribution in [0.3, 0.4) is 0 Å². The normalized spacial score (nSPS) is 30.5. The molecule has 4 aliphatic rings. The third kappa shape index (κ3) is 4.22. The van der Waals surface area contributed by atoms with E-state index < -0.39 is 92.6 Å². The Morgan fingerprint density at radius 2 is 1.46 bits per heavy atom. The number of likely N-dealkylation sites (tertiary alicyclic amines) is 1. The molecule has 15 heteroatoms. The van der Waals surface area contributed by atoms with Crippen LogP contribution in [-0.4, -0.2) is 50.4 Å². The molecule has 1 N–H and O–H groups in total. The Hall–Kier alpha value is -4.10. The first-order valence-electron chi connectivity index (χ1n) is 14.6. The molecular formula is C33H22Cl2F6N2O5. The van der Waals surface area contributed by atoms with E-state index in [0.717, 1.165) is 4.90 Å². The largest absolute Gasteiger partial charge is 0.508 e. The van der Waals surface area contributed by atoms with Gasteiger partial charge in [0.15, 0.2) is 9.75 Å². The number of halogens is 8. The van der Waals surface area contributed by atoms with Gasteiger partial charge in [-0.1, -0.05) is 42.0 Å². The summed E-state index contributed by atoms with van der Waals surface area (Å²) in [5.74, 6) is -9.33. The Morgan fingerprint density at radius 1 is 0.833 bits per heavy atom. The summed E-state index contributed by atoms with van der Waals surface area (Å²) in [6.07, 6.45) is -9.61. The summed E-state index contributed by atoms with van der Waals surface area (Å²) in [6.45, 7) is 0. The molecule has 2 saturated heterocycles. The molecule has 48 heavy (non-hydrogen) atoms. The predicted molar refractivity (Wildman–Crippen MR) is 160 cm³/mol. The smallest absolute Gasteiger partial charge is 0.416 e. The molecule has 1 saturated carbocycles. The number of aromatic hydroxyl groups is 1. The fourth-order valence-electron chi connectivity index (χ4n) is 7.97. The highest BCUT2D eigenvalue weighted by Gasteiger charge is 2.76. The maximum atomic E-state index is 14.2. The van der Waals surface area contributed by atoms with E-state index in [0.29, 0.717) is 27.8 Å². The molecule has 6 unspecified atom stereocenters. The summed E-state index contributed by atoms with van der Waals surface area (Å²) in [4.78, 5) is 52.1. The van der Waals surface area contributed by atoms with E-state index in [4.69, 9.17) is 23.2 Å². The van der Waals surface area contributed by atoms with Gasteiger partial charge in [-0.2, -0.15) is 26.3 Å². The van der Waals surface area contributed by atoms with Gasteiger partial charge in [0.1, 0.15) is 5.75 Å². The van der Waals surface area contributed by atoms with Crippen molar-refractivity contribution in [3.63, 3.8) is 0 Å². The van der Waals surface area contributed by atoms with Gasteiger partial charge in [-0.3, -0.25) is 24.1 Å². The quantitative estimate of drug-likeness (QED) is 0.137. The summed E-state index contributed by atoms with van der Waals surface area (Å²) in [5.41, 5.74) is -3.93. The highest BCUT2D eigenvalue weighted by atomic mass is 35.5. The van der Waals surface area contributed by atoms with E-state index in [1.165, 1.54) is 19.2 Å². The molecule has 0 spiro atoms. The van der Waals surface area contributed by atoms with E-state index in [1.54, 1.807) is 30.3 Å². The lowest BCUT2D eigenvalue weighted by Gasteiger charge is -2.51. The van der Waals surface area contributed by atoms with Crippen molar-refractivity contribution in [2.45, 2.75) is 40.9 Å². The number of amides is 4. The molecule has 0 radical (unpaired) electrons. The van der Waals surface area contributed by atoms with E-state index >= 15 is 0 Å². The zero-order valence-corrected chi connectivity index (χ0v) is 26.0. The average Bonchev–Trinajstić information content (AvgIpc) is 3.35. The number of hydrogen-bond donors (Lipinski definition) is 1. The second-order valence-corrected chi connectivity index (χ2v) is 13.7. The number of imide groups is 2. The number of hydrogen-bond acceptors (Lipinski definition) is 5. The maximum absolute atomic E-state index is 14.2. The monoisotopic (exact) mass is 710 g/mol. The number of rotatable bonds is 2. The number of phenolic OH excluding ortho intramolecular Hbond substituents is 1. The molecule has 7 rings (SSSR count). The van der Waals surface area contributed by atoms with Crippen LogP contribution in [0.4, 0.5) is 32.0 Å². The summed E-state index contributed by atoms with van der Waals surface area (Å²) < 4.78 is 82.3. The first-order chi connectivity index (χ1) is 22.3. The second kappa shape index (κ2) is 10.2. The number of anilines is 1. The Bertz CT molecular complexity index is 1980. The van der Waals surface area contributed by atoms with E-state index in [2.05, 4.69) is 0 Å². The van der Waals surface area contributed by atoms with Gasteiger partial charge in [0.25, 0.3) is 11.8 Å². The number of alkyl halides is 8. The molecule has 2 aliphatic carbocycles. The van der Waals surface area contributed by atoms with Crippen LogP contribution in [0.5, 0.6) is 5.75 Å². The number of carbonyl (C=O) groups excluding carboxylic acids is 4. The fraction of sp³-hybridized carbons (Fsp3) is 0.333. The minimum atomic E-state index is -5.24. The Balaban J connectivity index is 1.42. The number of carbonyl (C=O) groups is 4. The molecule has 3 aromatic carbocycles. The van der Waals surface area contributed by atoms with E-state index in [1.807, 2.05) is 0 Å². The van der Waals surface area contributed by atoms with E-state index in [9.17, 15) is 50.6 Å². The summed E-state index contributed by atoms with van der Waals surface area (Å²) in [5, 5.41) is 12.4. The summed E-state index contributed by atoms with van der Waals surface area (Å²) in [6, 6.07) is 10.3. The molecule has 6 atom stereocenters. The lowest BCUT2D eigenvalue weighted by Crippen LogP contribution is -2.60. The lowest BCUT2D eigenvalue weighted by molar-refractivity contribution is -0.143. The average molecular weight is 711 g/mol. The Morgan fingerprint density at radius 3 is 2.08 bits per heavy atom.